The van der Waals surface area contributed by atoms with Gasteiger partial charge >= 0.3 is 0 Å². The molecule has 0 bridgehead atoms. The molecule has 0 amide bonds. The third-order valence-corrected chi connectivity index (χ3v) is 4.80. The van der Waals surface area contributed by atoms with Crippen molar-refractivity contribution in [1.82, 2.24) is 0 Å². The van der Waals surface area contributed by atoms with Gasteiger partial charge in [-0.3, -0.25) is 10.1 Å². The van der Waals surface area contributed by atoms with E-state index in [2.05, 4.69) is 15.9 Å². The molecule has 98 valence electrons. The van der Waals surface area contributed by atoms with Crippen LogP contribution < -0.4 is 0 Å². The number of rotatable bonds is 3. The second-order valence-electron chi connectivity index (χ2n) is 3.71. The molecule has 5 nitrogen and oxygen atoms in total. The van der Waals surface area contributed by atoms with E-state index in [0.29, 0.717) is 0 Å². The normalized spacial score (nSPS) is 11.2. The van der Waals surface area contributed by atoms with Gasteiger partial charge in [0.15, 0.2) is 0 Å². The van der Waals surface area contributed by atoms with Crippen molar-refractivity contribution in [3.63, 3.8) is 0 Å². The summed E-state index contributed by atoms with van der Waals surface area (Å²) in [6, 6.07) is 11.0. The van der Waals surface area contributed by atoms with E-state index in [9.17, 15) is 18.5 Å². The van der Waals surface area contributed by atoms with E-state index in [1.54, 1.807) is 12.1 Å². The summed E-state index contributed by atoms with van der Waals surface area (Å²) < 4.78 is 25.3. The molecule has 0 aliphatic heterocycles. The van der Waals surface area contributed by atoms with Crippen LogP contribution in [-0.2, 0) is 9.84 Å². The minimum absolute atomic E-state index is 0.0282. The molecule has 0 unspecified atom stereocenters. The Bertz CT molecular complexity index is 708. The highest BCUT2D eigenvalue weighted by atomic mass is 79.9. The fourth-order valence-electron chi connectivity index (χ4n) is 1.50. The van der Waals surface area contributed by atoms with Crippen molar-refractivity contribution in [3.8, 4) is 0 Å². The minimum atomic E-state index is -3.64. The van der Waals surface area contributed by atoms with Gasteiger partial charge in [-0.2, -0.15) is 0 Å². The number of hydrogen-bond donors (Lipinski definition) is 0. The molecule has 2 rings (SSSR count). The summed E-state index contributed by atoms with van der Waals surface area (Å²) in [7, 11) is -3.64. The maximum Gasteiger partial charge on any atom is 0.269 e. The van der Waals surface area contributed by atoms with Crippen LogP contribution in [-0.4, -0.2) is 13.3 Å². The topological polar surface area (TPSA) is 77.3 Å². The highest BCUT2D eigenvalue weighted by Crippen LogP contribution is 2.24. The van der Waals surface area contributed by atoms with Crippen molar-refractivity contribution < 1.29 is 13.3 Å². The van der Waals surface area contributed by atoms with E-state index >= 15 is 0 Å². The Labute approximate surface area is 118 Å². The maximum atomic E-state index is 12.2. The van der Waals surface area contributed by atoms with Crippen LogP contribution in [0.15, 0.2) is 62.8 Å². The lowest BCUT2D eigenvalue weighted by molar-refractivity contribution is -0.384. The maximum absolute atomic E-state index is 12.2. The molecule has 0 N–H and O–H groups in total. The van der Waals surface area contributed by atoms with Crippen LogP contribution in [0.3, 0.4) is 0 Å². The summed E-state index contributed by atoms with van der Waals surface area (Å²) in [5.74, 6) is 0. The minimum Gasteiger partial charge on any atom is -0.258 e. The second-order valence-corrected chi connectivity index (χ2v) is 6.57. The van der Waals surface area contributed by atoms with Gasteiger partial charge in [-0.1, -0.05) is 15.9 Å². The first-order chi connectivity index (χ1) is 8.91. The third-order valence-electron chi connectivity index (χ3n) is 2.48. The molecule has 0 aliphatic carbocycles. The van der Waals surface area contributed by atoms with Crippen molar-refractivity contribution in [1.29, 1.82) is 0 Å². The van der Waals surface area contributed by atoms with Crippen molar-refractivity contribution in [2.24, 2.45) is 0 Å². The predicted molar refractivity (Wildman–Crippen MR) is 72.7 cm³/mol. The average Bonchev–Trinajstić information content (AvgIpc) is 2.39. The first kappa shape index (κ1) is 13.7. The molecule has 0 atom stereocenters. The van der Waals surface area contributed by atoms with E-state index < -0.39 is 14.8 Å². The first-order valence-corrected chi connectivity index (χ1v) is 7.44. The van der Waals surface area contributed by atoms with Crippen LogP contribution in [0, 0.1) is 10.1 Å². The van der Waals surface area contributed by atoms with E-state index in [4.69, 9.17) is 0 Å². The van der Waals surface area contributed by atoms with Gasteiger partial charge in [0.25, 0.3) is 5.69 Å². The smallest absolute Gasteiger partial charge is 0.258 e. The van der Waals surface area contributed by atoms with Gasteiger partial charge in [0.2, 0.25) is 9.84 Å². The molecule has 0 saturated heterocycles. The summed E-state index contributed by atoms with van der Waals surface area (Å²) in [6.07, 6.45) is 0. The highest BCUT2D eigenvalue weighted by Gasteiger charge is 2.18. The lowest BCUT2D eigenvalue weighted by atomic mass is 10.3. The number of benzene rings is 2. The van der Waals surface area contributed by atoms with Crippen LogP contribution in [0.5, 0.6) is 0 Å². The number of sulfone groups is 1. The molecule has 0 saturated carbocycles. The van der Waals surface area contributed by atoms with Crippen molar-refractivity contribution in [2.45, 2.75) is 9.79 Å². The summed E-state index contributed by atoms with van der Waals surface area (Å²) in [6.45, 7) is 0. The predicted octanol–water partition coefficient (Wildman–Crippen LogP) is 3.19. The molecule has 19 heavy (non-hydrogen) atoms. The zero-order valence-electron chi connectivity index (χ0n) is 9.49. The second kappa shape index (κ2) is 5.10. The number of non-ortho nitro benzene ring substituents is 1. The molecule has 0 heterocycles. The summed E-state index contributed by atoms with van der Waals surface area (Å²) in [5, 5.41) is 10.5. The largest absolute Gasteiger partial charge is 0.269 e. The number of nitro groups is 1. The molecule has 0 aromatic heterocycles. The average molecular weight is 342 g/mol. The molecule has 7 heteroatoms. The van der Waals surface area contributed by atoms with Gasteiger partial charge in [0.1, 0.15) is 0 Å². The summed E-state index contributed by atoms with van der Waals surface area (Å²) in [4.78, 5) is 10.1. The first-order valence-electron chi connectivity index (χ1n) is 5.16. The zero-order valence-corrected chi connectivity index (χ0v) is 11.9. The lowest BCUT2D eigenvalue weighted by Crippen LogP contribution is -2.01. The quantitative estimate of drug-likeness (QED) is 0.634. The Kier molecular flexibility index (Phi) is 3.68. The Morgan fingerprint density at radius 1 is 0.895 bits per heavy atom. The van der Waals surface area contributed by atoms with Crippen LogP contribution in [0.2, 0.25) is 0 Å². The molecule has 2 aromatic carbocycles. The highest BCUT2D eigenvalue weighted by molar-refractivity contribution is 9.10. The summed E-state index contributed by atoms with van der Waals surface area (Å²) in [5.41, 5.74) is -0.144. The van der Waals surface area contributed by atoms with E-state index in [1.807, 2.05) is 0 Å². The van der Waals surface area contributed by atoms with E-state index in [1.165, 1.54) is 36.4 Å². The zero-order chi connectivity index (χ0) is 14.0. The molecular weight excluding hydrogens is 334 g/mol. The molecule has 0 aliphatic rings. The number of nitrogens with zero attached hydrogens (tertiary/aromatic N) is 1. The van der Waals surface area contributed by atoms with E-state index in [-0.39, 0.29) is 15.5 Å². The molecule has 0 spiro atoms. The van der Waals surface area contributed by atoms with Gasteiger partial charge in [-0.15, -0.1) is 0 Å². The Balaban J connectivity index is 2.44. The fraction of sp³-hybridized carbons (Fsp3) is 0. The molecular formula is C12H8BrNO4S. The Hall–Kier alpha value is -1.73. The van der Waals surface area contributed by atoms with Crippen LogP contribution >= 0.6 is 15.9 Å². The summed E-state index contributed by atoms with van der Waals surface area (Å²) >= 11 is 3.22. The number of nitro benzene ring substituents is 1. The fourth-order valence-corrected chi connectivity index (χ4v) is 3.02. The van der Waals surface area contributed by atoms with E-state index in [0.717, 1.165) is 4.47 Å². The van der Waals surface area contributed by atoms with Crippen LogP contribution in [0.25, 0.3) is 0 Å². The molecule has 2 aromatic rings. The Morgan fingerprint density at radius 2 is 1.32 bits per heavy atom. The molecule has 0 radical (unpaired) electrons. The third kappa shape index (κ3) is 2.82. The van der Waals surface area contributed by atoms with Gasteiger partial charge in [-0.05, 0) is 36.4 Å². The van der Waals surface area contributed by atoms with Gasteiger partial charge in [0, 0.05) is 16.6 Å². The number of hydrogen-bond acceptors (Lipinski definition) is 4. The monoisotopic (exact) mass is 341 g/mol. The van der Waals surface area contributed by atoms with Crippen molar-refractivity contribution in [3.05, 3.63) is 63.1 Å². The SMILES string of the molecule is O=[N+]([O-])c1ccc(S(=O)(=O)c2ccc(Br)cc2)cc1. The lowest BCUT2D eigenvalue weighted by Gasteiger charge is -2.04. The van der Waals surface area contributed by atoms with Crippen molar-refractivity contribution >= 4 is 31.5 Å². The standard InChI is InChI=1S/C12H8BrNO4S/c13-9-1-5-11(6-2-9)19(17,18)12-7-3-10(4-8-12)14(15)16/h1-8H. The van der Waals surface area contributed by atoms with Gasteiger partial charge < -0.3 is 0 Å². The number of halogens is 1. The van der Waals surface area contributed by atoms with Gasteiger partial charge in [0.05, 0.1) is 14.7 Å². The van der Waals surface area contributed by atoms with Crippen molar-refractivity contribution in [2.75, 3.05) is 0 Å². The van der Waals surface area contributed by atoms with Gasteiger partial charge in [-0.25, -0.2) is 8.42 Å². The van der Waals surface area contributed by atoms with Crippen LogP contribution in [0.4, 0.5) is 5.69 Å². The Morgan fingerprint density at radius 3 is 1.74 bits per heavy atom. The van der Waals surface area contributed by atoms with Crippen LogP contribution in [0.1, 0.15) is 0 Å². The molecule has 0 fully saturated rings.